The van der Waals surface area contributed by atoms with E-state index in [0.29, 0.717) is 5.92 Å². The Morgan fingerprint density at radius 2 is 2.50 bits per heavy atom. The zero-order valence-electron chi connectivity index (χ0n) is 5.74. The van der Waals surface area contributed by atoms with Gasteiger partial charge in [0.2, 0.25) is 0 Å². The van der Waals surface area contributed by atoms with E-state index in [-0.39, 0.29) is 0 Å². The van der Waals surface area contributed by atoms with E-state index in [1.807, 2.05) is 6.08 Å². The molecule has 1 aromatic heterocycles. The van der Waals surface area contributed by atoms with Gasteiger partial charge in [0.25, 0.3) is 0 Å². The average Bonchev–Trinajstić information content (AvgIpc) is 2.36. The Morgan fingerprint density at radius 1 is 1.60 bits per heavy atom. The molecular weight excluding hydrogens is 128 g/mol. The summed E-state index contributed by atoms with van der Waals surface area (Å²) in [6.45, 7) is 2.12. The van der Waals surface area contributed by atoms with E-state index in [4.69, 9.17) is 0 Å². The van der Waals surface area contributed by atoms with Crippen LogP contribution >= 0.6 is 0 Å². The molecule has 0 radical (unpaired) electrons. The largest absolute Gasteiger partial charge is 0.244 e. The van der Waals surface area contributed by atoms with Crippen LogP contribution in [-0.2, 0) is 0 Å². The highest BCUT2D eigenvalue weighted by atomic mass is 16.6. The van der Waals surface area contributed by atoms with Crippen LogP contribution in [0, 0.1) is 0 Å². The quantitative estimate of drug-likeness (QED) is 0.543. The summed E-state index contributed by atoms with van der Waals surface area (Å²) in [6.07, 6.45) is 5.09. The molecule has 10 heavy (non-hydrogen) atoms. The molecule has 0 saturated carbocycles. The third-order valence-electron chi connectivity index (χ3n) is 1.77. The minimum atomic E-state index is 0.464. The van der Waals surface area contributed by atoms with E-state index >= 15 is 0 Å². The number of fused-ring (bicyclic) bond motifs is 1. The predicted octanol–water partition coefficient (Wildman–Crippen LogP) is 1.59. The van der Waals surface area contributed by atoms with Gasteiger partial charge in [-0.2, -0.15) is 0 Å². The molecule has 0 aromatic carbocycles. The van der Waals surface area contributed by atoms with Gasteiger partial charge in [-0.15, -0.1) is 0 Å². The SMILES string of the molecule is CC1CC=Cc2nonc21. The molecule has 52 valence electrons. The summed E-state index contributed by atoms with van der Waals surface area (Å²) in [7, 11) is 0. The van der Waals surface area contributed by atoms with Crippen molar-refractivity contribution in [3.8, 4) is 0 Å². The lowest BCUT2D eigenvalue weighted by Gasteiger charge is -2.07. The zero-order valence-corrected chi connectivity index (χ0v) is 5.74. The van der Waals surface area contributed by atoms with Gasteiger partial charge in [0.1, 0.15) is 11.4 Å². The minimum Gasteiger partial charge on any atom is -0.244 e. The monoisotopic (exact) mass is 136 g/mol. The lowest BCUT2D eigenvalue weighted by molar-refractivity contribution is 0.301. The molecule has 0 saturated heterocycles. The Kier molecular flexibility index (Phi) is 1.09. The summed E-state index contributed by atoms with van der Waals surface area (Å²) >= 11 is 0. The van der Waals surface area contributed by atoms with Gasteiger partial charge in [0, 0.05) is 5.92 Å². The lowest BCUT2D eigenvalue weighted by Crippen LogP contribution is -1.98. The van der Waals surface area contributed by atoms with Crippen LogP contribution in [0.4, 0.5) is 0 Å². The molecule has 1 aliphatic carbocycles. The fourth-order valence-corrected chi connectivity index (χ4v) is 1.16. The first-order valence-electron chi connectivity index (χ1n) is 3.37. The van der Waals surface area contributed by atoms with Crippen LogP contribution in [0.25, 0.3) is 6.08 Å². The van der Waals surface area contributed by atoms with Crippen LogP contribution in [0.15, 0.2) is 10.7 Å². The highest BCUT2D eigenvalue weighted by Crippen LogP contribution is 2.25. The fourth-order valence-electron chi connectivity index (χ4n) is 1.16. The van der Waals surface area contributed by atoms with E-state index in [0.717, 1.165) is 17.8 Å². The van der Waals surface area contributed by atoms with Crippen molar-refractivity contribution in [3.05, 3.63) is 17.5 Å². The summed E-state index contributed by atoms with van der Waals surface area (Å²) < 4.78 is 4.59. The maximum atomic E-state index is 4.59. The van der Waals surface area contributed by atoms with Crippen molar-refractivity contribution in [3.63, 3.8) is 0 Å². The van der Waals surface area contributed by atoms with E-state index in [1.54, 1.807) is 0 Å². The van der Waals surface area contributed by atoms with Crippen molar-refractivity contribution in [1.29, 1.82) is 0 Å². The molecule has 0 amide bonds. The number of aromatic nitrogens is 2. The minimum absolute atomic E-state index is 0.464. The molecule has 0 bridgehead atoms. The number of hydrogen-bond donors (Lipinski definition) is 0. The Morgan fingerprint density at radius 3 is 3.30 bits per heavy atom. The molecular formula is C7H8N2O. The molecule has 3 heteroatoms. The van der Waals surface area contributed by atoms with Crippen molar-refractivity contribution in [1.82, 2.24) is 10.3 Å². The van der Waals surface area contributed by atoms with E-state index in [9.17, 15) is 0 Å². The van der Waals surface area contributed by atoms with Crippen LogP contribution in [0.5, 0.6) is 0 Å². The topological polar surface area (TPSA) is 38.9 Å². The molecule has 1 unspecified atom stereocenters. The fraction of sp³-hybridized carbons (Fsp3) is 0.429. The molecule has 0 spiro atoms. The van der Waals surface area contributed by atoms with Crippen molar-refractivity contribution in [2.75, 3.05) is 0 Å². The van der Waals surface area contributed by atoms with Gasteiger partial charge in [-0.25, -0.2) is 4.63 Å². The maximum Gasteiger partial charge on any atom is 0.131 e. The van der Waals surface area contributed by atoms with Gasteiger partial charge in [-0.05, 0) is 12.5 Å². The van der Waals surface area contributed by atoms with Gasteiger partial charge in [-0.3, -0.25) is 0 Å². The predicted molar refractivity (Wildman–Crippen MR) is 36.4 cm³/mol. The van der Waals surface area contributed by atoms with E-state index in [1.165, 1.54) is 0 Å². The molecule has 0 N–H and O–H groups in total. The van der Waals surface area contributed by atoms with Gasteiger partial charge < -0.3 is 0 Å². The normalized spacial score (nSPS) is 22.7. The summed E-state index contributed by atoms with van der Waals surface area (Å²) in [5, 5.41) is 7.53. The zero-order chi connectivity index (χ0) is 6.97. The molecule has 1 aromatic rings. The van der Waals surface area contributed by atoms with Gasteiger partial charge in [0.15, 0.2) is 0 Å². The van der Waals surface area contributed by atoms with Crippen LogP contribution in [0.2, 0.25) is 0 Å². The van der Waals surface area contributed by atoms with Gasteiger partial charge in [-0.1, -0.05) is 23.3 Å². The number of nitrogens with zero attached hydrogens (tertiary/aromatic N) is 2. The molecule has 1 atom stereocenters. The second-order valence-electron chi connectivity index (χ2n) is 2.57. The van der Waals surface area contributed by atoms with Crippen LogP contribution < -0.4 is 0 Å². The number of rotatable bonds is 0. The summed E-state index contributed by atoms with van der Waals surface area (Å²) in [5.41, 5.74) is 1.88. The third kappa shape index (κ3) is 0.667. The van der Waals surface area contributed by atoms with Crippen LogP contribution in [-0.4, -0.2) is 10.3 Å². The molecule has 3 nitrogen and oxygen atoms in total. The highest BCUT2D eigenvalue weighted by Gasteiger charge is 2.17. The Hall–Kier alpha value is -1.12. The average molecular weight is 136 g/mol. The van der Waals surface area contributed by atoms with Gasteiger partial charge in [0.05, 0.1) is 0 Å². The highest BCUT2D eigenvalue weighted by molar-refractivity contribution is 5.50. The summed E-state index contributed by atoms with van der Waals surface area (Å²) in [6, 6.07) is 0. The number of allylic oxidation sites excluding steroid dienone is 1. The Bertz CT molecular complexity index is 264. The number of hydrogen-bond acceptors (Lipinski definition) is 3. The summed E-state index contributed by atoms with van der Waals surface area (Å²) in [4.78, 5) is 0. The second kappa shape index (κ2) is 1.94. The molecule has 2 rings (SSSR count). The van der Waals surface area contributed by atoms with Crippen molar-refractivity contribution >= 4 is 6.08 Å². The Labute approximate surface area is 58.7 Å². The van der Waals surface area contributed by atoms with E-state index in [2.05, 4.69) is 27.9 Å². The van der Waals surface area contributed by atoms with Gasteiger partial charge >= 0.3 is 0 Å². The van der Waals surface area contributed by atoms with Crippen molar-refractivity contribution in [2.24, 2.45) is 0 Å². The molecule has 0 aliphatic heterocycles. The summed E-state index contributed by atoms with van der Waals surface area (Å²) in [5.74, 6) is 0.464. The lowest BCUT2D eigenvalue weighted by atomic mass is 9.97. The first-order valence-corrected chi connectivity index (χ1v) is 3.37. The second-order valence-corrected chi connectivity index (χ2v) is 2.57. The van der Waals surface area contributed by atoms with Crippen LogP contribution in [0.3, 0.4) is 0 Å². The standard InChI is InChI=1S/C7H8N2O/c1-5-3-2-4-6-7(5)9-10-8-6/h2,4-5H,3H2,1H3. The third-order valence-corrected chi connectivity index (χ3v) is 1.77. The Balaban J connectivity index is 2.52. The van der Waals surface area contributed by atoms with Crippen LogP contribution in [0.1, 0.15) is 30.7 Å². The molecule has 1 heterocycles. The maximum absolute atomic E-state index is 4.59. The van der Waals surface area contributed by atoms with Crippen molar-refractivity contribution in [2.45, 2.75) is 19.3 Å². The van der Waals surface area contributed by atoms with Crippen molar-refractivity contribution < 1.29 is 4.63 Å². The van der Waals surface area contributed by atoms with E-state index < -0.39 is 0 Å². The first-order chi connectivity index (χ1) is 4.88. The molecule has 0 fully saturated rings. The molecule has 1 aliphatic rings. The first kappa shape index (κ1) is 5.65. The smallest absolute Gasteiger partial charge is 0.131 e.